The average Bonchev–Trinajstić information content (AvgIpc) is 2.47. The van der Waals surface area contributed by atoms with Gasteiger partial charge in [-0.05, 0) is 36.2 Å². The third-order valence-electron chi connectivity index (χ3n) is 3.34. The molecule has 100 valence electrons. The molecule has 2 rings (SSSR count). The van der Waals surface area contributed by atoms with Crippen LogP contribution in [-0.2, 0) is 0 Å². The lowest BCUT2D eigenvalue weighted by Crippen LogP contribution is -2.05. The van der Waals surface area contributed by atoms with Gasteiger partial charge in [0.2, 0.25) is 0 Å². The molecule has 0 amide bonds. The Morgan fingerprint density at radius 2 is 2.00 bits per heavy atom. The lowest BCUT2D eigenvalue weighted by molar-refractivity contribution is 0.411. The van der Waals surface area contributed by atoms with Crippen LogP contribution < -0.4 is 4.74 Å². The minimum atomic E-state index is -0.121. The maximum Gasteiger partial charge on any atom is 0.122 e. The van der Waals surface area contributed by atoms with Crippen LogP contribution in [0.4, 0.5) is 0 Å². The molecule has 0 N–H and O–H groups in total. The highest BCUT2D eigenvalue weighted by Gasteiger charge is 2.20. The number of nitrogens with zero attached hydrogens (tertiary/aromatic N) is 1. The van der Waals surface area contributed by atoms with Crippen molar-refractivity contribution >= 4 is 11.6 Å². The van der Waals surface area contributed by atoms with Gasteiger partial charge in [0.25, 0.3) is 0 Å². The van der Waals surface area contributed by atoms with E-state index in [0.717, 1.165) is 22.6 Å². The van der Waals surface area contributed by atoms with E-state index in [-0.39, 0.29) is 11.3 Å². The molecule has 2 atom stereocenters. The summed E-state index contributed by atoms with van der Waals surface area (Å²) in [5, 5.41) is -0.121. The Hall–Kier alpha value is -1.54. The van der Waals surface area contributed by atoms with Crippen molar-refractivity contribution in [3.05, 3.63) is 59.4 Å². The molecule has 1 heterocycles. The zero-order valence-corrected chi connectivity index (χ0v) is 12.2. The van der Waals surface area contributed by atoms with E-state index in [0.29, 0.717) is 0 Å². The molecule has 0 saturated carbocycles. The van der Waals surface area contributed by atoms with Gasteiger partial charge < -0.3 is 4.74 Å². The van der Waals surface area contributed by atoms with Gasteiger partial charge in [0, 0.05) is 17.8 Å². The van der Waals surface area contributed by atoms with Gasteiger partial charge in [-0.25, -0.2) is 0 Å². The van der Waals surface area contributed by atoms with Crippen molar-refractivity contribution < 1.29 is 4.74 Å². The van der Waals surface area contributed by atoms with Gasteiger partial charge in [-0.1, -0.05) is 25.1 Å². The SMILES string of the molecule is COc1cc(C(Cl)C(C)c2ccccn2)ccc1C. The zero-order valence-electron chi connectivity index (χ0n) is 11.4. The van der Waals surface area contributed by atoms with Crippen LogP contribution in [0.1, 0.15) is 35.0 Å². The van der Waals surface area contributed by atoms with E-state index in [1.807, 2.05) is 37.3 Å². The van der Waals surface area contributed by atoms with E-state index in [1.54, 1.807) is 13.3 Å². The van der Waals surface area contributed by atoms with E-state index < -0.39 is 0 Å². The van der Waals surface area contributed by atoms with E-state index in [4.69, 9.17) is 16.3 Å². The number of aryl methyl sites for hydroxylation is 1. The Labute approximate surface area is 119 Å². The molecule has 19 heavy (non-hydrogen) atoms. The van der Waals surface area contributed by atoms with Crippen molar-refractivity contribution in [3.63, 3.8) is 0 Å². The first kappa shape index (κ1) is 13.9. The normalized spacial score (nSPS) is 13.9. The van der Waals surface area contributed by atoms with Gasteiger partial charge in [-0.15, -0.1) is 11.6 Å². The third-order valence-corrected chi connectivity index (χ3v) is 3.97. The zero-order chi connectivity index (χ0) is 13.8. The van der Waals surface area contributed by atoms with Gasteiger partial charge in [-0.2, -0.15) is 0 Å². The molecule has 0 bridgehead atoms. The number of alkyl halides is 1. The minimum absolute atomic E-state index is 0.121. The molecular formula is C16H18ClNO. The number of pyridine rings is 1. The first-order valence-corrected chi connectivity index (χ1v) is 6.76. The number of benzene rings is 1. The fourth-order valence-corrected chi connectivity index (χ4v) is 2.36. The molecule has 2 unspecified atom stereocenters. The summed E-state index contributed by atoms with van der Waals surface area (Å²) in [5.41, 5.74) is 3.17. The number of ether oxygens (including phenoxy) is 1. The highest BCUT2D eigenvalue weighted by molar-refractivity contribution is 6.21. The summed E-state index contributed by atoms with van der Waals surface area (Å²) in [5.74, 6) is 1.02. The largest absolute Gasteiger partial charge is 0.496 e. The highest BCUT2D eigenvalue weighted by atomic mass is 35.5. The van der Waals surface area contributed by atoms with Crippen LogP contribution in [0.2, 0.25) is 0 Å². The second kappa shape index (κ2) is 6.07. The number of methoxy groups -OCH3 is 1. The highest BCUT2D eigenvalue weighted by Crippen LogP contribution is 2.36. The van der Waals surface area contributed by atoms with E-state index in [9.17, 15) is 0 Å². The molecule has 0 radical (unpaired) electrons. The van der Waals surface area contributed by atoms with Crippen LogP contribution in [0.5, 0.6) is 5.75 Å². The van der Waals surface area contributed by atoms with Crippen molar-refractivity contribution in [1.29, 1.82) is 0 Å². The van der Waals surface area contributed by atoms with Crippen molar-refractivity contribution in [2.45, 2.75) is 25.1 Å². The summed E-state index contributed by atoms with van der Waals surface area (Å²) in [7, 11) is 1.68. The lowest BCUT2D eigenvalue weighted by atomic mass is 9.96. The summed E-state index contributed by atoms with van der Waals surface area (Å²) >= 11 is 6.58. The van der Waals surface area contributed by atoms with Gasteiger partial charge in [-0.3, -0.25) is 4.98 Å². The molecule has 0 saturated heterocycles. The quantitative estimate of drug-likeness (QED) is 0.768. The second-order valence-corrected chi connectivity index (χ2v) is 5.14. The average molecular weight is 276 g/mol. The van der Waals surface area contributed by atoms with Crippen LogP contribution in [0.3, 0.4) is 0 Å². The predicted octanol–water partition coefficient (Wildman–Crippen LogP) is 4.48. The summed E-state index contributed by atoms with van der Waals surface area (Å²) in [6.07, 6.45) is 1.80. The number of halogens is 1. The summed E-state index contributed by atoms with van der Waals surface area (Å²) in [6.45, 7) is 4.11. The van der Waals surface area contributed by atoms with Crippen LogP contribution in [0.25, 0.3) is 0 Å². The second-order valence-electron chi connectivity index (χ2n) is 4.67. The fourth-order valence-electron chi connectivity index (χ4n) is 2.09. The molecule has 1 aromatic carbocycles. The van der Waals surface area contributed by atoms with Crippen LogP contribution >= 0.6 is 11.6 Å². The molecule has 0 aliphatic carbocycles. The topological polar surface area (TPSA) is 22.1 Å². The molecule has 0 aliphatic rings. The van der Waals surface area contributed by atoms with Crippen LogP contribution in [0, 0.1) is 6.92 Å². The molecule has 1 aromatic heterocycles. The van der Waals surface area contributed by atoms with Crippen molar-refractivity contribution in [3.8, 4) is 5.75 Å². The van der Waals surface area contributed by atoms with Crippen LogP contribution in [-0.4, -0.2) is 12.1 Å². The Balaban J connectivity index is 2.26. The van der Waals surface area contributed by atoms with Crippen molar-refractivity contribution in [2.75, 3.05) is 7.11 Å². The smallest absolute Gasteiger partial charge is 0.122 e. The lowest BCUT2D eigenvalue weighted by Gasteiger charge is -2.19. The molecule has 2 aromatic rings. The molecule has 0 spiro atoms. The van der Waals surface area contributed by atoms with Crippen molar-refractivity contribution in [2.24, 2.45) is 0 Å². The monoisotopic (exact) mass is 275 g/mol. The van der Waals surface area contributed by atoms with E-state index in [1.165, 1.54) is 0 Å². The first-order chi connectivity index (χ1) is 9.13. The molecule has 3 heteroatoms. The molecule has 2 nitrogen and oxygen atoms in total. The Kier molecular flexibility index (Phi) is 4.43. The van der Waals surface area contributed by atoms with Gasteiger partial charge in [0.1, 0.15) is 5.75 Å². The van der Waals surface area contributed by atoms with Crippen LogP contribution in [0.15, 0.2) is 42.6 Å². The summed E-state index contributed by atoms with van der Waals surface area (Å²) < 4.78 is 5.35. The standard InChI is InChI=1S/C16H18ClNO/c1-11-7-8-13(10-15(11)19-3)16(17)12(2)14-6-4-5-9-18-14/h4-10,12,16H,1-3H3. The van der Waals surface area contributed by atoms with Gasteiger partial charge >= 0.3 is 0 Å². The Bertz CT molecular complexity index is 542. The first-order valence-electron chi connectivity index (χ1n) is 6.33. The van der Waals surface area contributed by atoms with Gasteiger partial charge in [0.05, 0.1) is 12.5 Å². The van der Waals surface area contributed by atoms with E-state index >= 15 is 0 Å². The number of rotatable bonds is 4. The maximum atomic E-state index is 6.58. The molecule has 0 fully saturated rings. The number of hydrogen-bond donors (Lipinski definition) is 0. The maximum absolute atomic E-state index is 6.58. The predicted molar refractivity (Wildman–Crippen MR) is 79.0 cm³/mol. The van der Waals surface area contributed by atoms with Gasteiger partial charge in [0.15, 0.2) is 0 Å². The van der Waals surface area contributed by atoms with Crippen molar-refractivity contribution in [1.82, 2.24) is 4.98 Å². The summed E-state index contributed by atoms with van der Waals surface area (Å²) in [6, 6.07) is 12.0. The fraction of sp³-hybridized carbons (Fsp3) is 0.312. The third kappa shape index (κ3) is 3.07. The summed E-state index contributed by atoms with van der Waals surface area (Å²) in [4.78, 5) is 4.37. The minimum Gasteiger partial charge on any atom is -0.496 e. The molecular weight excluding hydrogens is 258 g/mol. The van der Waals surface area contributed by atoms with E-state index in [2.05, 4.69) is 18.0 Å². The number of hydrogen-bond acceptors (Lipinski definition) is 2. The Morgan fingerprint density at radius 1 is 1.21 bits per heavy atom. The number of aromatic nitrogens is 1. The Morgan fingerprint density at radius 3 is 2.63 bits per heavy atom. The molecule has 0 aliphatic heterocycles.